The zero-order valence-corrected chi connectivity index (χ0v) is 18.2. The summed E-state index contributed by atoms with van der Waals surface area (Å²) in [5, 5.41) is 0.731. The SMILES string of the molecule is COc1ccc(CC(=O)N(Cc2ccccc2)c2nc3ccc(C)cc3s2)cc1C. The van der Waals surface area contributed by atoms with Crippen LogP contribution in [0.3, 0.4) is 0 Å². The number of aryl methyl sites for hydroxylation is 2. The Bertz CT molecular complexity index is 1180. The van der Waals surface area contributed by atoms with Crippen LogP contribution in [0.25, 0.3) is 10.2 Å². The second kappa shape index (κ2) is 8.67. The number of hydrogen-bond donors (Lipinski definition) is 0. The van der Waals surface area contributed by atoms with E-state index in [2.05, 4.69) is 19.1 Å². The summed E-state index contributed by atoms with van der Waals surface area (Å²) in [4.78, 5) is 20.0. The highest BCUT2D eigenvalue weighted by atomic mass is 32.1. The lowest BCUT2D eigenvalue weighted by molar-refractivity contribution is -0.118. The first-order valence-electron chi connectivity index (χ1n) is 9.88. The van der Waals surface area contributed by atoms with Crippen LogP contribution in [-0.2, 0) is 17.8 Å². The molecule has 0 aliphatic carbocycles. The Balaban J connectivity index is 1.66. The summed E-state index contributed by atoms with van der Waals surface area (Å²) in [5.74, 6) is 0.855. The summed E-state index contributed by atoms with van der Waals surface area (Å²) >= 11 is 1.56. The highest BCUT2D eigenvalue weighted by molar-refractivity contribution is 7.22. The molecular weight excluding hydrogens is 392 g/mol. The lowest BCUT2D eigenvalue weighted by atomic mass is 10.1. The van der Waals surface area contributed by atoms with Crippen molar-refractivity contribution in [3.8, 4) is 5.75 Å². The van der Waals surface area contributed by atoms with Crippen LogP contribution in [0.4, 0.5) is 5.13 Å². The van der Waals surface area contributed by atoms with E-state index in [1.165, 1.54) is 5.56 Å². The van der Waals surface area contributed by atoms with Gasteiger partial charge in [-0.3, -0.25) is 9.69 Å². The van der Waals surface area contributed by atoms with Crippen LogP contribution in [0, 0.1) is 13.8 Å². The van der Waals surface area contributed by atoms with E-state index < -0.39 is 0 Å². The monoisotopic (exact) mass is 416 g/mol. The van der Waals surface area contributed by atoms with Crippen molar-refractivity contribution in [1.29, 1.82) is 0 Å². The Morgan fingerprint density at radius 2 is 1.80 bits per heavy atom. The molecule has 0 N–H and O–H groups in total. The molecule has 0 fully saturated rings. The molecular formula is C25H24N2O2S. The molecule has 0 radical (unpaired) electrons. The number of amides is 1. The molecule has 152 valence electrons. The number of hydrogen-bond acceptors (Lipinski definition) is 4. The number of carbonyl (C=O) groups is 1. The van der Waals surface area contributed by atoms with Crippen LogP contribution >= 0.6 is 11.3 Å². The maximum atomic E-state index is 13.4. The van der Waals surface area contributed by atoms with Crippen LogP contribution in [0.15, 0.2) is 66.7 Å². The van der Waals surface area contributed by atoms with Gasteiger partial charge < -0.3 is 4.74 Å². The van der Waals surface area contributed by atoms with Crippen molar-refractivity contribution < 1.29 is 9.53 Å². The topological polar surface area (TPSA) is 42.4 Å². The first kappa shape index (κ1) is 20.1. The van der Waals surface area contributed by atoms with E-state index in [9.17, 15) is 4.79 Å². The Kier molecular flexibility index (Phi) is 5.81. The molecule has 4 aromatic rings. The molecule has 4 nitrogen and oxygen atoms in total. The molecule has 0 aliphatic rings. The average molecular weight is 417 g/mol. The van der Waals surface area contributed by atoms with E-state index >= 15 is 0 Å². The molecule has 1 aromatic heterocycles. The smallest absolute Gasteiger partial charge is 0.233 e. The number of methoxy groups -OCH3 is 1. The molecule has 0 unspecified atom stereocenters. The standard InChI is InChI=1S/C25H24N2O2S/c1-17-9-11-21-23(13-17)30-25(26-21)27(16-19-7-5-4-6-8-19)24(28)15-20-10-12-22(29-3)18(2)14-20/h4-14H,15-16H2,1-3H3. The van der Waals surface area contributed by atoms with Crippen LogP contribution < -0.4 is 9.64 Å². The fraction of sp³-hybridized carbons (Fsp3) is 0.200. The summed E-state index contributed by atoms with van der Waals surface area (Å²) in [6.07, 6.45) is 0.312. The largest absolute Gasteiger partial charge is 0.496 e. The van der Waals surface area contributed by atoms with E-state index in [1.54, 1.807) is 23.3 Å². The minimum atomic E-state index is 0.0270. The van der Waals surface area contributed by atoms with E-state index in [0.717, 1.165) is 37.8 Å². The third-order valence-electron chi connectivity index (χ3n) is 5.06. The molecule has 5 heteroatoms. The minimum Gasteiger partial charge on any atom is -0.496 e. The molecule has 4 rings (SSSR count). The third-order valence-corrected chi connectivity index (χ3v) is 6.10. The molecule has 0 aliphatic heterocycles. The van der Waals surface area contributed by atoms with E-state index in [4.69, 9.17) is 9.72 Å². The van der Waals surface area contributed by atoms with Crippen LogP contribution in [-0.4, -0.2) is 18.0 Å². The summed E-state index contributed by atoms with van der Waals surface area (Å²) in [7, 11) is 1.66. The second-order valence-electron chi connectivity index (χ2n) is 7.41. The van der Waals surface area contributed by atoms with Crippen LogP contribution in [0.5, 0.6) is 5.75 Å². The summed E-state index contributed by atoms with van der Waals surface area (Å²) < 4.78 is 6.43. The number of ether oxygens (including phenoxy) is 1. The number of benzene rings is 3. The number of fused-ring (bicyclic) bond motifs is 1. The normalized spacial score (nSPS) is 10.9. The van der Waals surface area contributed by atoms with Gasteiger partial charge in [0.15, 0.2) is 5.13 Å². The van der Waals surface area contributed by atoms with Crippen molar-refractivity contribution >= 4 is 32.6 Å². The molecule has 30 heavy (non-hydrogen) atoms. The van der Waals surface area contributed by atoms with Crippen LogP contribution in [0.1, 0.15) is 22.3 Å². The van der Waals surface area contributed by atoms with Gasteiger partial charge in [0.2, 0.25) is 5.91 Å². The first-order chi connectivity index (χ1) is 14.5. The Morgan fingerprint density at radius 1 is 1.00 bits per heavy atom. The first-order valence-corrected chi connectivity index (χ1v) is 10.7. The van der Waals surface area contributed by atoms with Crippen molar-refractivity contribution in [2.24, 2.45) is 0 Å². The van der Waals surface area contributed by atoms with Gasteiger partial charge >= 0.3 is 0 Å². The molecule has 0 saturated heterocycles. The van der Waals surface area contributed by atoms with Gasteiger partial charge in [0.25, 0.3) is 0 Å². The van der Waals surface area contributed by atoms with E-state index in [-0.39, 0.29) is 5.91 Å². The molecule has 0 spiro atoms. The fourth-order valence-electron chi connectivity index (χ4n) is 3.48. The maximum Gasteiger partial charge on any atom is 0.233 e. The number of aromatic nitrogens is 1. The molecule has 0 bridgehead atoms. The zero-order chi connectivity index (χ0) is 21.1. The molecule has 1 heterocycles. The fourth-order valence-corrected chi connectivity index (χ4v) is 4.56. The highest BCUT2D eigenvalue weighted by Crippen LogP contribution is 2.31. The van der Waals surface area contributed by atoms with Crippen molar-refractivity contribution in [2.75, 3.05) is 12.0 Å². The minimum absolute atomic E-state index is 0.0270. The molecule has 3 aromatic carbocycles. The van der Waals surface area contributed by atoms with Gasteiger partial charge in [0, 0.05) is 0 Å². The number of thiazole rings is 1. The van der Waals surface area contributed by atoms with Gasteiger partial charge in [-0.25, -0.2) is 4.98 Å². The predicted molar refractivity (Wildman–Crippen MR) is 123 cm³/mol. The van der Waals surface area contributed by atoms with E-state index in [0.29, 0.717) is 13.0 Å². The van der Waals surface area contributed by atoms with Crippen LogP contribution in [0.2, 0.25) is 0 Å². The average Bonchev–Trinajstić information content (AvgIpc) is 3.15. The molecule has 0 saturated carbocycles. The van der Waals surface area contributed by atoms with Gasteiger partial charge in [0.05, 0.1) is 30.3 Å². The van der Waals surface area contributed by atoms with Crippen molar-refractivity contribution in [3.05, 3.63) is 89.0 Å². The lowest BCUT2D eigenvalue weighted by Crippen LogP contribution is -2.31. The summed E-state index contributed by atoms with van der Waals surface area (Å²) in [6, 6.07) is 22.1. The molecule has 0 atom stereocenters. The second-order valence-corrected chi connectivity index (χ2v) is 8.42. The van der Waals surface area contributed by atoms with Gasteiger partial charge in [-0.2, -0.15) is 0 Å². The van der Waals surface area contributed by atoms with Crippen molar-refractivity contribution in [2.45, 2.75) is 26.8 Å². The Labute approximate surface area is 180 Å². The number of carbonyl (C=O) groups excluding carboxylic acids is 1. The highest BCUT2D eigenvalue weighted by Gasteiger charge is 2.21. The summed E-state index contributed by atoms with van der Waals surface area (Å²) in [5.41, 5.74) is 5.17. The van der Waals surface area contributed by atoms with Gasteiger partial charge in [0.1, 0.15) is 5.75 Å². The Morgan fingerprint density at radius 3 is 2.53 bits per heavy atom. The van der Waals surface area contributed by atoms with Crippen molar-refractivity contribution in [1.82, 2.24) is 4.98 Å². The number of nitrogens with zero attached hydrogens (tertiary/aromatic N) is 2. The summed E-state index contributed by atoms with van der Waals surface area (Å²) in [6.45, 7) is 4.55. The van der Waals surface area contributed by atoms with Crippen molar-refractivity contribution in [3.63, 3.8) is 0 Å². The maximum absolute atomic E-state index is 13.4. The zero-order valence-electron chi connectivity index (χ0n) is 17.4. The van der Waals surface area contributed by atoms with Gasteiger partial charge in [-0.05, 0) is 54.3 Å². The predicted octanol–water partition coefficient (Wildman–Crippen LogP) is 5.70. The number of rotatable bonds is 6. The van der Waals surface area contributed by atoms with Gasteiger partial charge in [-0.15, -0.1) is 0 Å². The Hall–Kier alpha value is -3.18. The third kappa shape index (κ3) is 4.36. The molecule has 1 amide bonds. The quantitative estimate of drug-likeness (QED) is 0.405. The van der Waals surface area contributed by atoms with E-state index in [1.807, 2.05) is 61.5 Å². The van der Waals surface area contributed by atoms with Gasteiger partial charge in [-0.1, -0.05) is 59.9 Å². The number of anilines is 1. The lowest BCUT2D eigenvalue weighted by Gasteiger charge is -2.20.